The minimum absolute atomic E-state index is 0.00334. The third kappa shape index (κ3) is 14.8. The fourth-order valence-electron chi connectivity index (χ4n) is 7.62. The van der Waals surface area contributed by atoms with Gasteiger partial charge < -0.3 is 42.4 Å². The Kier molecular flexibility index (Phi) is 18.0. The first-order valence-corrected chi connectivity index (χ1v) is 22.3. The lowest BCUT2D eigenvalue weighted by molar-refractivity contribution is -0.129. The molecule has 18 heteroatoms. The van der Waals surface area contributed by atoms with E-state index in [0.29, 0.717) is 37.1 Å². The molecule has 18 nitrogen and oxygen atoms in total. The number of hydrogen-bond donors (Lipinski definition) is 10. The second-order valence-corrected chi connectivity index (χ2v) is 16.6. The zero-order valence-corrected chi connectivity index (χ0v) is 38.0. The molecule has 0 bridgehead atoms. The van der Waals surface area contributed by atoms with E-state index in [2.05, 4.69) is 47.2 Å². The molecule has 2 aromatic heterocycles. The zero-order chi connectivity index (χ0) is 48.4. The average molecular weight is 923 g/mol. The number of alkyl carbamates (subject to hydrolysis) is 1. The maximum Gasteiger partial charge on any atom is 0.413 e. The van der Waals surface area contributed by atoms with Crippen molar-refractivity contribution in [2.45, 2.75) is 82.4 Å². The second-order valence-electron chi connectivity index (χ2n) is 16.6. The van der Waals surface area contributed by atoms with Crippen molar-refractivity contribution in [2.75, 3.05) is 13.1 Å². The summed E-state index contributed by atoms with van der Waals surface area (Å²) in [5.41, 5.74) is 11.4. The molecule has 4 heterocycles. The Balaban J connectivity index is 0.000000234. The smallest absolute Gasteiger partial charge is 0.413 e. The van der Waals surface area contributed by atoms with Crippen LogP contribution in [0.2, 0.25) is 0 Å². The Hall–Kier alpha value is -7.83. The molecule has 0 unspecified atom stereocenters. The van der Waals surface area contributed by atoms with Crippen LogP contribution in [0.15, 0.2) is 128 Å². The molecule has 3 aromatic carbocycles. The number of nitrogens with zero attached hydrogens (tertiary/aromatic N) is 2. The number of amidine groups is 2. The summed E-state index contributed by atoms with van der Waals surface area (Å²) in [6.07, 6.45) is 7.63. The van der Waals surface area contributed by atoms with Gasteiger partial charge in [-0.2, -0.15) is 0 Å². The van der Waals surface area contributed by atoms with Gasteiger partial charge in [-0.1, -0.05) is 78.9 Å². The van der Waals surface area contributed by atoms with E-state index >= 15 is 0 Å². The molecule has 68 heavy (non-hydrogen) atoms. The largest absolute Gasteiger partial charge is 0.444 e. The monoisotopic (exact) mass is 922 g/mol. The van der Waals surface area contributed by atoms with Crippen molar-refractivity contribution >= 4 is 41.4 Å². The lowest BCUT2D eigenvalue weighted by atomic mass is 9.97. The topological polar surface area (TPSA) is 278 Å². The van der Waals surface area contributed by atoms with Crippen LogP contribution in [0.5, 0.6) is 0 Å². The number of rotatable bonds is 16. The molecular weight excluding hydrogens is 865 g/mol. The molecule has 2 aliphatic heterocycles. The third-order valence-electron chi connectivity index (χ3n) is 11.6. The average Bonchev–Trinajstić information content (AvgIpc) is 4.08. The van der Waals surface area contributed by atoms with Crippen molar-refractivity contribution in [3.05, 3.63) is 167 Å². The van der Waals surface area contributed by atoms with Crippen molar-refractivity contribution in [2.24, 2.45) is 5.73 Å². The minimum atomic E-state index is -0.711. The number of pyridine rings is 2. The van der Waals surface area contributed by atoms with Gasteiger partial charge in [0.25, 0.3) is 0 Å². The highest BCUT2D eigenvalue weighted by Crippen LogP contribution is 2.26. The summed E-state index contributed by atoms with van der Waals surface area (Å²) in [6, 6.07) is 29.1. The van der Waals surface area contributed by atoms with E-state index in [0.717, 1.165) is 34.4 Å². The first kappa shape index (κ1) is 49.6. The number of nitrogens with one attached hydrogen (secondary N) is 9. The van der Waals surface area contributed by atoms with E-state index in [4.69, 9.17) is 21.3 Å². The van der Waals surface area contributed by atoms with Crippen LogP contribution in [0, 0.1) is 10.8 Å². The first-order valence-electron chi connectivity index (χ1n) is 22.3. The molecule has 11 N–H and O–H groups in total. The molecule has 0 spiro atoms. The number of nitrogen functional groups attached to an aromatic ring is 1. The van der Waals surface area contributed by atoms with Crippen LogP contribution in [-0.4, -0.2) is 88.6 Å². The van der Waals surface area contributed by atoms with Crippen LogP contribution in [0.25, 0.3) is 0 Å². The molecule has 7 rings (SSSR count). The number of nitrogens with two attached hydrogens (primary N) is 1. The van der Waals surface area contributed by atoms with Crippen molar-refractivity contribution in [3.63, 3.8) is 0 Å². The molecule has 6 atom stereocenters. The Bertz CT molecular complexity index is 2500. The maximum atomic E-state index is 12.7. The summed E-state index contributed by atoms with van der Waals surface area (Å²) in [4.78, 5) is 70.1. The molecule has 5 amide bonds. The molecule has 0 radical (unpaired) electrons. The van der Waals surface area contributed by atoms with E-state index in [1.165, 1.54) is 0 Å². The van der Waals surface area contributed by atoms with Gasteiger partial charge in [0.1, 0.15) is 30.4 Å². The van der Waals surface area contributed by atoms with E-state index < -0.39 is 18.2 Å². The number of benzene rings is 3. The highest BCUT2D eigenvalue weighted by atomic mass is 16.5. The second kappa shape index (κ2) is 24.6. The molecule has 2 aliphatic rings. The molecule has 2 fully saturated rings. The number of hydrogen-bond acceptors (Lipinski definition) is 12. The quantitative estimate of drug-likeness (QED) is 0.0507. The predicted molar refractivity (Wildman–Crippen MR) is 256 cm³/mol. The summed E-state index contributed by atoms with van der Waals surface area (Å²) >= 11 is 0. The lowest BCUT2D eigenvalue weighted by Crippen LogP contribution is -2.49. The fourth-order valence-corrected chi connectivity index (χ4v) is 7.62. The number of carbonyl (C=O) groups is 5. The lowest BCUT2D eigenvalue weighted by Gasteiger charge is -2.17. The van der Waals surface area contributed by atoms with Crippen molar-refractivity contribution < 1.29 is 28.7 Å². The molecule has 354 valence electrons. The van der Waals surface area contributed by atoms with Gasteiger partial charge in [-0.15, -0.1) is 0 Å². The molecule has 0 aliphatic carbocycles. The fraction of sp³-hybridized carbons (Fsp3) is 0.300. The Morgan fingerprint density at radius 2 is 1.07 bits per heavy atom. The maximum absolute atomic E-state index is 12.7. The van der Waals surface area contributed by atoms with Gasteiger partial charge in [-0.05, 0) is 90.6 Å². The van der Waals surface area contributed by atoms with Gasteiger partial charge in [-0.25, -0.2) is 4.79 Å². The Morgan fingerprint density at radius 3 is 1.51 bits per heavy atom. The summed E-state index contributed by atoms with van der Waals surface area (Å²) < 4.78 is 5.14. The summed E-state index contributed by atoms with van der Waals surface area (Å²) in [7, 11) is 0. The zero-order valence-electron chi connectivity index (χ0n) is 38.0. The van der Waals surface area contributed by atoms with Gasteiger partial charge in [-0.3, -0.25) is 45.3 Å². The van der Waals surface area contributed by atoms with Crippen molar-refractivity contribution in [1.82, 2.24) is 47.2 Å². The van der Waals surface area contributed by atoms with Crippen LogP contribution in [0.1, 0.15) is 77.5 Å². The third-order valence-corrected chi connectivity index (χ3v) is 11.6. The van der Waals surface area contributed by atoms with Gasteiger partial charge in [0.15, 0.2) is 0 Å². The van der Waals surface area contributed by atoms with E-state index in [1.54, 1.807) is 75.0 Å². The van der Waals surface area contributed by atoms with Crippen LogP contribution >= 0.6 is 0 Å². The Labute approximate surface area is 395 Å². The number of aromatic nitrogens is 2. The van der Waals surface area contributed by atoms with E-state index in [9.17, 15) is 24.0 Å². The van der Waals surface area contributed by atoms with Gasteiger partial charge in [0.2, 0.25) is 23.6 Å². The number of ether oxygens (including phenoxy) is 1. The van der Waals surface area contributed by atoms with Gasteiger partial charge in [0, 0.05) is 62.1 Å². The van der Waals surface area contributed by atoms with E-state index in [1.807, 2.05) is 66.7 Å². The van der Waals surface area contributed by atoms with Crippen molar-refractivity contribution in [1.29, 1.82) is 10.8 Å². The van der Waals surface area contributed by atoms with Crippen molar-refractivity contribution in [3.8, 4) is 0 Å². The SMILES string of the molecule is C[C@H](NC(=O)[C@H]1C[C@@H](c2ccncc2)CN1)C(=O)NCc1ccc(C(=N)N)cc1.C[C@H](NC(=O)[C@H]1C[C@@H](c2ccncc2)CN1)C(=O)NCc1ccc(C(=N)NC(=O)OCc2ccccc2)cc1. The number of amides is 5. The minimum Gasteiger partial charge on any atom is -0.444 e. The standard InChI is InChI=1S/C29H32N6O4.C21H26N6O2/c1-19(34-28(37)25-15-24(17-32-25)22-11-13-31-14-12-22)27(36)33-16-20-7-9-23(10-8-20)26(30)35-29(38)39-18-21-5-3-2-4-6-21;1-13(20(28)26-11-14-2-4-16(5-3-14)19(22)23)27-21(29)18-10-17(12-25-18)15-6-8-24-9-7-15/h2-14,19,24-25,32H,15-18H2,1H3,(H,33,36)(H,34,37)(H2,30,35,38);2-9,13,17-18,25H,10-12H2,1H3,(H3,22,23)(H,26,28)(H,27,29)/t19-,24+,25+;13-,17+,18+/m00/s1. The molecule has 2 saturated heterocycles. The number of carbonyl (C=O) groups excluding carboxylic acids is 5. The van der Waals surface area contributed by atoms with Crippen LogP contribution in [0.3, 0.4) is 0 Å². The molecular formula is C50H58N12O6. The summed E-state index contributed by atoms with van der Waals surface area (Å²) in [5.74, 6) is -0.523. The predicted octanol–water partition coefficient (Wildman–Crippen LogP) is 3.23. The summed E-state index contributed by atoms with van der Waals surface area (Å²) in [6.45, 7) is 5.44. The highest BCUT2D eigenvalue weighted by molar-refractivity contribution is 6.04. The summed E-state index contributed by atoms with van der Waals surface area (Å²) in [5, 5.41) is 35.6. The first-order chi connectivity index (χ1) is 32.8. The van der Waals surface area contributed by atoms with Crippen LogP contribution < -0.4 is 43.0 Å². The van der Waals surface area contributed by atoms with Gasteiger partial charge >= 0.3 is 6.09 Å². The Morgan fingerprint density at radius 1 is 0.632 bits per heavy atom. The van der Waals surface area contributed by atoms with Gasteiger partial charge in [0.05, 0.1) is 12.1 Å². The van der Waals surface area contributed by atoms with Crippen LogP contribution in [-0.2, 0) is 43.6 Å². The molecule has 5 aromatic rings. The highest BCUT2D eigenvalue weighted by Gasteiger charge is 2.33. The van der Waals surface area contributed by atoms with Crippen LogP contribution in [0.4, 0.5) is 4.79 Å². The molecule has 0 saturated carbocycles. The normalized spacial score (nSPS) is 18.0. The van der Waals surface area contributed by atoms with E-state index in [-0.39, 0.29) is 72.4 Å².